The van der Waals surface area contributed by atoms with Gasteiger partial charge in [-0.3, -0.25) is 14.5 Å². The predicted octanol–water partition coefficient (Wildman–Crippen LogP) is 1.53. The van der Waals surface area contributed by atoms with E-state index in [2.05, 4.69) is 5.32 Å². The van der Waals surface area contributed by atoms with Gasteiger partial charge in [-0.15, -0.1) is 11.8 Å². The number of benzene rings is 1. The van der Waals surface area contributed by atoms with E-state index in [1.165, 1.54) is 0 Å². The Morgan fingerprint density at radius 3 is 2.90 bits per heavy atom. The van der Waals surface area contributed by atoms with E-state index < -0.39 is 0 Å². The third-order valence-electron chi connectivity index (χ3n) is 3.59. The lowest BCUT2D eigenvalue weighted by molar-refractivity contribution is -0.145. The average molecular weight is 288 g/mol. The largest absolute Gasteiger partial charge is 0.341 e. The van der Waals surface area contributed by atoms with Crippen molar-refractivity contribution in [2.75, 3.05) is 5.75 Å². The zero-order valence-electron chi connectivity index (χ0n) is 11.2. The van der Waals surface area contributed by atoms with Crippen LogP contribution < -0.4 is 5.32 Å². The molecule has 5 heteroatoms. The third kappa shape index (κ3) is 2.33. The van der Waals surface area contributed by atoms with Crippen molar-refractivity contribution < 1.29 is 9.59 Å². The highest BCUT2D eigenvalue weighted by Gasteiger charge is 2.50. The Labute approximate surface area is 122 Å². The molecule has 0 spiro atoms. The Kier molecular flexibility index (Phi) is 3.53. The molecule has 2 aliphatic rings. The maximum atomic E-state index is 12.1. The quantitative estimate of drug-likeness (QED) is 0.858. The number of amides is 2. The van der Waals surface area contributed by atoms with E-state index >= 15 is 0 Å². The van der Waals surface area contributed by atoms with Crippen LogP contribution in [0.5, 0.6) is 0 Å². The molecule has 0 radical (unpaired) electrons. The zero-order chi connectivity index (χ0) is 14.1. The van der Waals surface area contributed by atoms with Gasteiger partial charge in [0.15, 0.2) is 0 Å². The molecule has 0 bridgehead atoms. The molecule has 1 fully saturated rings. The number of nitrogens with one attached hydrogen (secondary N) is 1. The number of carbonyl (C=O) groups excluding carboxylic acids is 2. The summed E-state index contributed by atoms with van der Waals surface area (Å²) in [5, 5.41) is 2.92. The molecule has 3 rings (SSSR count). The van der Waals surface area contributed by atoms with Gasteiger partial charge < -0.3 is 5.32 Å². The first-order valence-corrected chi connectivity index (χ1v) is 7.66. The van der Waals surface area contributed by atoms with Crippen molar-refractivity contribution in [3.63, 3.8) is 0 Å². The lowest BCUT2D eigenvalue weighted by Gasteiger charge is -2.48. The van der Waals surface area contributed by atoms with Gasteiger partial charge in [-0.05, 0) is 12.5 Å². The molecule has 0 aromatic heterocycles. The lowest BCUT2D eigenvalue weighted by atomic mass is 10.0. The molecule has 1 aromatic carbocycles. The topological polar surface area (TPSA) is 49.4 Å². The number of allylic oxidation sites excluding steroid dienone is 1. The highest BCUT2D eigenvalue weighted by Crippen LogP contribution is 2.36. The normalized spacial score (nSPS) is 24.6. The van der Waals surface area contributed by atoms with E-state index in [4.69, 9.17) is 0 Å². The number of rotatable bonds is 3. The summed E-state index contributed by atoms with van der Waals surface area (Å²) in [6, 6.07) is 9.18. The number of hydrogen-bond donors (Lipinski definition) is 1. The van der Waals surface area contributed by atoms with Crippen LogP contribution in [0.3, 0.4) is 0 Å². The smallest absolute Gasteiger partial charge is 0.253 e. The molecule has 2 aliphatic heterocycles. The minimum atomic E-state index is -0.375. The van der Waals surface area contributed by atoms with Crippen molar-refractivity contribution >= 4 is 23.6 Å². The second-order valence-electron chi connectivity index (χ2n) is 4.99. The first-order chi connectivity index (χ1) is 9.66. The molecular weight excluding hydrogens is 272 g/mol. The van der Waals surface area contributed by atoms with Gasteiger partial charge in [0, 0.05) is 11.4 Å². The van der Waals surface area contributed by atoms with Gasteiger partial charge in [-0.25, -0.2) is 0 Å². The molecule has 0 aliphatic carbocycles. The average Bonchev–Trinajstić information content (AvgIpc) is 2.45. The van der Waals surface area contributed by atoms with Gasteiger partial charge >= 0.3 is 0 Å². The Hall–Kier alpha value is -1.75. The molecule has 104 valence electrons. The standard InChI is InChI=1S/C15H16N2O2S/c1-10-7-8-20-15-13(14(19)17(10)15)16-12(18)9-11-5-3-2-4-6-11/h2-7,13,15H,8-9H2,1H3,(H,16,18). The van der Waals surface area contributed by atoms with Gasteiger partial charge in [-0.1, -0.05) is 36.4 Å². The molecule has 1 saturated heterocycles. The second-order valence-corrected chi connectivity index (χ2v) is 6.13. The van der Waals surface area contributed by atoms with E-state index in [9.17, 15) is 9.59 Å². The molecule has 2 atom stereocenters. The van der Waals surface area contributed by atoms with Crippen LogP contribution in [-0.2, 0) is 16.0 Å². The van der Waals surface area contributed by atoms with Crippen molar-refractivity contribution in [1.29, 1.82) is 0 Å². The number of carbonyl (C=O) groups is 2. The van der Waals surface area contributed by atoms with Crippen molar-refractivity contribution in [3.05, 3.63) is 47.7 Å². The van der Waals surface area contributed by atoms with E-state index in [1.54, 1.807) is 16.7 Å². The summed E-state index contributed by atoms with van der Waals surface area (Å²) in [5.74, 6) is 0.796. The summed E-state index contributed by atoms with van der Waals surface area (Å²) >= 11 is 1.69. The molecule has 2 heterocycles. The fourth-order valence-electron chi connectivity index (χ4n) is 2.51. The fraction of sp³-hybridized carbons (Fsp3) is 0.333. The molecule has 2 unspecified atom stereocenters. The minimum absolute atomic E-state index is 0.00244. The van der Waals surface area contributed by atoms with E-state index in [0.29, 0.717) is 6.42 Å². The van der Waals surface area contributed by atoms with Crippen LogP contribution in [0, 0.1) is 0 Å². The van der Waals surface area contributed by atoms with Crippen molar-refractivity contribution in [2.45, 2.75) is 24.8 Å². The molecule has 2 amide bonds. The zero-order valence-corrected chi connectivity index (χ0v) is 12.0. The highest BCUT2D eigenvalue weighted by molar-refractivity contribution is 8.00. The van der Waals surface area contributed by atoms with Crippen LogP contribution in [0.2, 0.25) is 0 Å². The van der Waals surface area contributed by atoms with Crippen LogP contribution >= 0.6 is 11.8 Å². The number of fused-ring (bicyclic) bond motifs is 1. The van der Waals surface area contributed by atoms with Crippen LogP contribution in [-0.4, -0.2) is 33.9 Å². The summed E-state index contributed by atoms with van der Waals surface area (Å²) in [4.78, 5) is 25.8. The SMILES string of the molecule is CC1=CCSC2C(NC(=O)Cc3ccccc3)C(=O)N12. The van der Waals surface area contributed by atoms with Crippen molar-refractivity contribution in [2.24, 2.45) is 0 Å². The summed E-state index contributed by atoms with van der Waals surface area (Å²) in [6.45, 7) is 1.94. The second kappa shape index (κ2) is 5.32. The number of thioether (sulfide) groups is 1. The van der Waals surface area contributed by atoms with Gasteiger partial charge in [0.2, 0.25) is 5.91 Å². The molecule has 0 saturated carbocycles. The maximum absolute atomic E-state index is 12.1. The molecular formula is C15H16N2O2S. The lowest BCUT2D eigenvalue weighted by Crippen LogP contribution is -2.69. The van der Waals surface area contributed by atoms with Crippen LogP contribution in [0.4, 0.5) is 0 Å². The summed E-state index contributed by atoms with van der Waals surface area (Å²) < 4.78 is 0. The van der Waals surface area contributed by atoms with E-state index in [0.717, 1.165) is 17.0 Å². The molecule has 1 aromatic rings. The number of β-lactam (4-membered cyclic amide) rings is 1. The van der Waals surface area contributed by atoms with Gasteiger partial charge in [0.05, 0.1) is 6.42 Å². The summed E-state index contributed by atoms with van der Waals surface area (Å²) in [7, 11) is 0. The van der Waals surface area contributed by atoms with Crippen LogP contribution in [0.15, 0.2) is 42.1 Å². The van der Waals surface area contributed by atoms with Gasteiger partial charge in [0.25, 0.3) is 5.91 Å². The van der Waals surface area contributed by atoms with Crippen LogP contribution in [0.25, 0.3) is 0 Å². The Bertz CT molecular complexity index is 570. The molecule has 20 heavy (non-hydrogen) atoms. The Morgan fingerprint density at radius 1 is 1.40 bits per heavy atom. The van der Waals surface area contributed by atoms with Crippen molar-refractivity contribution in [1.82, 2.24) is 10.2 Å². The number of nitrogens with zero attached hydrogens (tertiary/aromatic N) is 1. The number of hydrogen-bond acceptors (Lipinski definition) is 3. The summed E-state index contributed by atoms with van der Waals surface area (Å²) in [6.07, 6.45) is 2.36. The minimum Gasteiger partial charge on any atom is -0.341 e. The predicted molar refractivity (Wildman–Crippen MR) is 78.9 cm³/mol. The maximum Gasteiger partial charge on any atom is 0.253 e. The first kappa shape index (κ1) is 13.2. The molecule has 4 nitrogen and oxygen atoms in total. The molecule has 1 N–H and O–H groups in total. The fourth-order valence-corrected chi connectivity index (χ4v) is 3.84. The monoisotopic (exact) mass is 288 g/mol. The van der Waals surface area contributed by atoms with Gasteiger partial charge in [-0.2, -0.15) is 0 Å². The Morgan fingerprint density at radius 2 is 2.15 bits per heavy atom. The van der Waals surface area contributed by atoms with E-state index in [-0.39, 0.29) is 23.2 Å². The first-order valence-electron chi connectivity index (χ1n) is 6.61. The van der Waals surface area contributed by atoms with Crippen LogP contribution in [0.1, 0.15) is 12.5 Å². The van der Waals surface area contributed by atoms with E-state index in [1.807, 2.05) is 43.3 Å². The summed E-state index contributed by atoms with van der Waals surface area (Å²) in [5.41, 5.74) is 1.95. The third-order valence-corrected chi connectivity index (χ3v) is 4.78. The van der Waals surface area contributed by atoms with Crippen molar-refractivity contribution in [3.8, 4) is 0 Å². The Balaban J connectivity index is 1.61. The highest BCUT2D eigenvalue weighted by atomic mass is 32.2. The van der Waals surface area contributed by atoms with Gasteiger partial charge in [0.1, 0.15) is 11.4 Å².